The van der Waals surface area contributed by atoms with Gasteiger partial charge in [0.2, 0.25) is 0 Å². The molecule has 0 amide bonds. The van der Waals surface area contributed by atoms with Gasteiger partial charge in [-0.15, -0.1) is 0 Å². The maximum absolute atomic E-state index is 12.6. The minimum absolute atomic E-state index is 0.341. The molecular weight excluding hydrogens is 361 g/mol. The fourth-order valence-corrected chi connectivity index (χ4v) is 2.29. The normalized spacial score (nSPS) is 11.6. The summed E-state index contributed by atoms with van der Waals surface area (Å²) in [6.07, 6.45) is -3.51. The molecule has 3 nitrogen and oxygen atoms in total. The van der Waals surface area contributed by atoms with Crippen LogP contribution in [-0.4, -0.2) is 9.97 Å². The average Bonchev–Trinajstić information content (AvgIpc) is 2.47. The number of fused-ring (bicyclic) bond motifs is 1. The van der Waals surface area contributed by atoms with Crippen LogP contribution in [0.1, 0.15) is 5.69 Å². The Kier molecular flexibility index (Phi) is 3.74. The van der Waals surface area contributed by atoms with Crippen molar-refractivity contribution < 1.29 is 17.9 Å². The van der Waals surface area contributed by atoms with Crippen LogP contribution in [0.5, 0.6) is 11.8 Å². The van der Waals surface area contributed by atoms with Gasteiger partial charge in [-0.2, -0.15) is 18.2 Å². The molecule has 0 unspecified atom stereocenters. The maximum atomic E-state index is 12.6. The molecule has 0 saturated heterocycles. The lowest BCUT2D eigenvalue weighted by molar-refractivity contribution is -0.141. The Morgan fingerprint density at radius 2 is 1.68 bits per heavy atom. The van der Waals surface area contributed by atoms with E-state index in [1.807, 2.05) is 24.3 Å². The predicted octanol–water partition coefficient (Wildman–Crippen LogP) is 5.20. The molecule has 0 bridgehead atoms. The molecule has 7 heteroatoms. The smallest absolute Gasteiger partial charge is 0.424 e. The quantitative estimate of drug-likeness (QED) is 0.623. The topological polar surface area (TPSA) is 35.0 Å². The SMILES string of the molecule is FC(F)(F)c1ccnc(Oc2ccc3cc(Br)ccc3c2)n1. The first-order valence-corrected chi connectivity index (χ1v) is 6.98. The monoisotopic (exact) mass is 368 g/mol. The molecule has 0 N–H and O–H groups in total. The van der Waals surface area contributed by atoms with Crippen molar-refractivity contribution in [3.05, 3.63) is 58.8 Å². The largest absolute Gasteiger partial charge is 0.433 e. The van der Waals surface area contributed by atoms with Crippen LogP contribution in [-0.2, 0) is 6.18 Å². The Hall–Kier alpha value is -2.15. The van der Waals surface area contributed by atoms with Gasteiger partial charge in [-0.3, -0.25) is 0 Å². The standard InChI is InChI=1S/C15H8BrF3N2O/c16-11-3-1-10-8-12(4-2-9(10)7-11)22-14-20-6-5-13(21-14)15(17,18)19/h1-8H. The summed E-state index contributed by atoms with van der Waals surface area (Å²) in [4.78, 5) is 7.07. The number of rotatable bonds is 2. The van der Waals surface area contributed by atoms with Crippen molar-refractivity contribution in [3.8, 4) is 11.8 Å². The summed E-state index contributed by atoms with van der Waals surface area (Å²) in [6.45, 7) is 0. The lowest BCUT2D eigenvalue weighted by atomic mass is 10.1. The Balaban J connectivity index is 1.91. The predicted molar refractivity (Wildman–Crippen MR) is 78.8 cm³/mol. The van der Waals surface area contributed by atoms with Crippen LogP contribution in [0.15, 0.2) is 53.1 Å². The van der Waals surface area contributed by atoms with Crippen LogP contribution in [0.2, 0.25) is 0 Å². The van der Waals surface area contributed by atoms with E-state index in [2.05, 4.69) is 25.9 Å². The Morgan fingerprint density at radius 3 is 2.45 bits per heavy atom. The highest BCUT2D eigenvalue weighted by Crippen LogP contribution is 2.30. The first-order chi connectivity index (χ1) is 10.4. The second kappa shape index (κ2) is 5.57. The van der Waals surface area contributed by atoms with Crippen LogP contribution >= 0.6 is 15.9 Å². The molecule has 0 radical (unpaired) electrons. The number of hydrogen-bond acceptors (Lipinski definition) is 3. The summed E-state index contributed by atoms with van der Waals surface area (Å²) >= 11 is 3.37. The summed E-state index contributed by atoms with van der Waals surface area (Å²) in [5.74, 6) is 0.370. The average molecular weight is 369 g/mol. The molecule has 3 aromatic rings. The van der Waals surface area contributed by atoms with Crippen LogP contribution in [0, 0.1) is 0 Å². The maximum Gasteiger partial charge on any atom is 0.433 e. The van der Waals surface area contributed by atoms with E-state index in [4.69, 9.17) is 4.74 Å². The van der Waals surface area contributed by atoms with Gasteiger partial charge in [-0.1, -0.05) is 28.1 Å². The van der Waals surface area contributed by atoms with Crippen molar-refractivity contribution >= 4 is 26.7 Å². The van der Waals surface area contributed by atoms with Gasteiger partial charge in [0.1, 0.15) is 5.75 Å². The summed E-state index contributed by atoms with van der Waals surface area (Å²) < 4.78 is 44.1. The first kappa shape index (κ1) is 14.8. The van der Waals surface area contributed by atoms with Crippen LogP contribution < -0.4 is 4.74 Å². The van der Waals surface area contributed by atoms with E-state index < -0.39 is 11.9 Å². The fraction of sp³-hybridized carbons (Fsp3) is 0.0667. The number of hydrogen-bond donors (Lipinski definition) is 0. The van der Waals surface area contributed by atoms with E-state index in [1.54, 1.807) is 12.1 Å². The summed E-state index contributed by atoms with van der Waals surface area (Å²) in [7, 11) is 0. The third-order valence-electron chi connectivity index (χ3n) is 2.91. The van der Waals surface area contributed by atoms with E-state index >= 15 is 0 Å². The third-order valence-corrected chi connectivity index (χ3v) is 3.40. The van der Waals surface area contributed by atoms with E-state index in [1.165, 1.54) is 0 Å². The van der Waals surface area contributed by atoms with Crippen molar-refractivity contribution in [1.29, 1.82) is 0 Å². The molecule has 22 heavy (non-hydrogen) atoms. The number of ether oxygens (including phenoxy) is 1. The van der Waals surface area contributed by atoms with Crippen molar-refractivity contribution in [3.63, 3.8) is 0 Å². The molecule has 0 atom stereocenters. The Labute approximate surface area is 131 Å². The lowest BCUT2D eigenvalue weighted by Crippen LogP contribution is -2.08. The van der Waals surface area contributed by atoms with Crippen LogP contribution in [0.25, 0.3) is 10.8 Å². The molecule has 3 rings (SSSR count). The number of benzene rings is 2. The highest BCUT2D eigenvalue weighted by molar-refractivity contribution is 9.10. The second-order valence-corrected chi connectivity index (χ2v) is 5.39. The number of nitrogens with zero attached hydrogens (tertiary/aromatic N) is 2. The van der Waals surface area contributed by atoms with Gasteiger partial charge in [-0.05, 0) is 41.1 Å². The molecule has 1 heterocycles. The van der Waals surface area contributed by atoms with Gasteiger partial charge >= 0.3 is 12.2 Å². The molecule has 0 aliphatic rings. The van der Waals surface area contributed by atoms with Gasteiger partial charge in [-0.25, -0.2) is 4.98 Å². The molecule has 0 aliphatic heterocycles. The lowest BCUT2D eigenvalue weighted by Gasteiger charge is -2.08. The number of alkyl halides is 3. The van der Waals surface area contributed by atoms with E-state index in [9.17, 15) is 13.2 Å². The highest BCUT2D eigenvalue weighted by Gasteiger charge is 2.33. The van der Waals surface area contributed by atoms with Gasteiger partial charge < -0.3 is 4.74 Å². The number of halogens is 4. The number of aromatic nitrogens is 2. The fourth-order valence-electron chi connectivity index (χ4n) is 1.91. The highest BCUT2D eigenvalue weighted by atomic mass is 79.9. The zero-order chi connectivity index (χ0) is 15.7. The molecule has 0 saturated carbocycles. The van der Waals surface area contributed by atoms with Crippen molar-refractivity contribution in [2.24, 2.45) is 0 Å². The zero-order valence-electron chi connectivity index (χ0n) is 10.9. The molecule has 0 aliphatic carbocycles. The van der Waals surface area contributed by atoms with Gasteiger partial charge in [0.05, 0.1) is 0 Å². The summed E-state index contributed by atoms with van der Waals surface area (Å²) in [5, 5.41) is 1.87. The van der Waals surface area contributed by atoms with Crippen LogP contribution in [0.3, 0.4) is 0 Å². The second-order valence-electron chi connectivity index (χ2n) is 4.48. The van der Waals surface area contributed by atoms with Crippen molar-refractivity contribution in [1.82, 2.24) is 9.97 Å². The first-order valence-electron chi connectivity index (χ1n) is 6.19. The molecule has 1 aromatic heterocycles. The molecule has 0 spiro atoms. The molecule has 2 aromatic carbocycles. The van der Waals surface area contributed by atoms with Crippen molar-refractivity contribution in [2.45, 2.75) is 6.18 Å². The van der Waals surface area contributed by atoms with Gasteiger partial charge in [0, 0.05) is 10.7 Å². The minimum Gasteiger partial charge on any atom is -0.424 e. The molecule has 0 fully saturated rings. The van der Waals surface area contributed by atoms with Gasteiger partial charge in [0.15, 0.2) is 5.69 Å². The molecule has 112 valence electrons. The van der Waals surface area contributed by atoms with E-state index in [0.29, 0.717) is 5.75 Å². The molecular formula is C15H8BrF3N2O. The van der Waals surface area contributed by atoms with E-state index in [-0.39, 0.29) is 6.01 Å². The Morgan fingerprint density at radius 1 is 0.955 bits per heavy atom. The Bertz CT molecular complexity index is 836. The third kappa shape index (κ3) is 3.19. The zero-order valence-corrected chi connectivity index (χ0v) is 12.5. The van der Waals surface area contributed by atoms with E-state index in [0.717, 1.165) is 27.5 Å². The minimum atomic E-state index is -4.53. The van der Waals surface area contributed by atoms with Crippen molar-refractivity contribution in [2.75, 3.05) is 0 Å². The summed E-state index contributed by atoms with van der Waals surface area (Å²) in [5.41, 5.74) is -1.04. The van der Waals surface area contributed by atoms with Crippen LogP contribution in [0.4, 0.5) is 13.2 Å². The summed E-state index contributed by atoms with van der Waals surface area (Å²) in [6, 6.07) is 11.3. The van der Waals surface area contributed by atoms with Gasteiger partial charge in [0.25, 0.3) is 0 Å².